The van der Waals surface area contributed by atoms with Gasteiger partial charge in [-0.3, -0.25) is 9.35 Å². The maximum atomic E-state index is 10.4. The molecule has 0 saturated carbocycles. The summed E-state index contributed by atoms with van der Waals surface area (Å²) in [7, 11) is -4.08. The fraction of sp³-hybridized carbons (Fsp3) is 0.250. The third kappa shape index (κ3) is 1.59. The number of hydrogen-bond donors (Lipinski definition) is 1. The van der Waals surface area contributed by atoms with E-state index in [0.717, 1.165) is 12.2 Å². The van der Waals surface area contributed by atoms with Gasteiger partial charge >= 0.3 is 0 Å². The summed E-state index contributed by atoms with van der Waals surface area (Å²) in [4.78, 5) is 10.4. The SMILES string of the molecule is O=C1C=CC(S(=O)(=O)O)S1. The van der Waals surface area contributed by atoms with Gasteiger partial charge < -0.3 is 0 Å². The van der Waals surface area contributed by atoms with Crippen molar-refractivity contribution in [3.8, 4) is 0 Å². The Hall–Kier alpha value is -0.330. The topological polar surface area (TPSA) is 71.4 Å². The van der Waals surface area contributed by atoms with Crippen molar-refractivity contribution < 1.29 is 17.8 Å². The van der Waals surface area contributed by atoms with E-state index >= 15 is 0 Å². The van der Waals surface area contributed by atoms with Gasteiger partial charge in [-0.05, 0) is 12.2 Å². The molecule has 0 spiro atoms. The molecule has 0 saturated heterocycles. The number of rotatable bonds is 1. The van der Waals surface area contributed by atoms with Crippen molar-refractivity contribution in [3.05, 3.63) is 12.2 Å². The summed E-state index contributed by atoms with van der Waals surface area (Å²) in [6.45, 7) is 0. The van der Waals surface area contributed by atoms with Crippen LogP contribution < -0.4 is 0 Å². The predicted octanol–water partition coefficient (Wildman–Crippen LogP) is 0.0299. The molecule has 0 aromatic carbocycles. The lowest BCUT2D eigenvalue weighted by atomic mass is 10.6. The van der Waals surface area contributed by atoms with Crippen LogP contribution in [0.3, 0.4) is 0 Å². The van der Waals surface area contributed by atoms with Crippen LogP contribution in [-0.4, -0.2) is 22.7 Å². The Labute approximate surface area is 62.1 Å². The minimum Gasteiger partial charge on any atom is -0.284 e. The summed E-state index contributed by atoms with van der Waals surface area (Å²) in [5, 5.41) is -0.345. The van der Waals surface area contributed by atoms with E-state index in [1.807, 2.05) is 0 Å². The van der Waals surface area contributed by atoms with Crippen molar-refractivity contribution in [2.75, 3.05) is 0 Å². The van der Waals surface area contributed by atoms with Gasteiger partial charge in [-0.1, -0.05) is 11.8 Å². The molecule has 1 aliphatic rings. The van der Waals surface area contributed by atoms with E-state index in [1.54, 1.807) is 0 Å². The number of carbonyl (C=O) groups is 1. The van der Waals surface area contributed by atoms with E-state index in [9.17, 15) is 13.2 Å². The van der Waals surface area contributed by atoms with Crippen LogP contribution in [0.1, 0.15) is 0 Å². The van der Waals surface area contributed by atoms with Gasteiger partial charge in [0.25, 0.3) is 10.1 Å². The number of thioether (sulfide) groups is 1. The first-order chi connectivity index (χ1) is 4.50. The van der Waals surface area contributed by atoms with Gasteiger partial charge in [-0.25, -0.2) is 0 Å². The molecule has 1 N–H and O–H groups in total. The first-order valence-electron chi connectivity index (χ1n) is 2.35. The molecule has 56 valence electrons. The molecule has 0 bridgehead atoms. The Kier molecular flexibility index (Phi) is 1.84. The van der Waals surface area contributed by atoms with Crippen molar-refractivity contribution >= 4 is 27.0 Å². The van der Waals surface area contributed by atoms with Gasteiger partial charge in [0.1, 0.15) is 0 Å². The Bertz CT molecular complexity index is 276. The fourth-order valence-electron chi connectivity index (χ4n) is 0.510. The maximum Gasteiger partial charge on any atom is 0.281 e. The number of hydrogen-bond acceptors (Lipinski definition) is 4. The third-order valence-corrected chi connectivity index (χ3v) is 3.44. The highest BCUT2D eigenvalue weighted by atomic mass is 32.3. The molecule has 0 aromatic heterocycles. The van der Waals surface area contributed by atoms with Crippen LogP contribution in [0.25, 0.3) is 0 Å². The molecular formula is C4H4O4S2. The van der Waals surface area contributed by atoms with Gasteiger partial charge in [-0.2, -0.15) is 8.42 Å². The third-order valence-electron chi connectivity index (χ3n) is 0.915. The standard InChI is InChI=1S/C4H4O4S2/c5-3-1-2-4(9-3)10(6,7)8/h1-2,4H,(H,6,7,8). The molecule has 0 fully saturated rings. The summed E-state index contributed by atoms with van der Waals surface area (Å²) in [6.07, 6.45) is 2.28. The summed E-state index contributed by atoms with van der Waals surface area (Å²) in [5.74, 6) is 0. The van der Waals surface area contributed by atoms with Crippen LogP contribution >= 0.6 is 11.8 Å². The van der Waals surface area contributed by atoms with Crippen molar-refractivity contribution in [2.45, 2.75) is 4.58 Å². The molecule has 0 aromatic rings. The minimum atomic E-state index is -4.08. The van der Waals surface area contributed by atoms with Crippen molar-refractivity contribution in [1.82, 2.24) is 0 Å². The Morgan fingerprint density at radius 2 is 2.20 bits per heavy atom. The van der Waals surface area contributed by atoms with Crippen LogP contribution in [0.5, 0.6) is 0 Å². The minimum absolute atomic E-state index is 0.345. The average molecular weight is 180 g/mol. The molecular weight excluding hydrogens is 176 g/mol. The number of carbonyl (C=O) groups excluding carboxylic acids is 1. The van der Waals surface area contributed by atoms with Crippen molar-refractivity contribution in [1.29, 1.82) is 0 Å². The van der Waals surface area contributed by atoms with Gasteiger partial charge in [-0.15, -0.1) is 0 Å². The molecule has 6 heteroatoms. The zero-order chi connectivity index (χ0) is 7.78. The fourth-order valence-corrected chi connectivity index (χ4v) is 2.10. The summed E-state index contributed by atoms with van der Waals surface area (Å²) in [6, 6.07) is 0. The molecule has 10 heavy (non-hydrogen) atoms. The average Bonchev–Trinajstić information content (AvgIpc) is 2.11. The van der Waals surface area contributed by atoms with E-state index in [1.165, 1.54) is 0 Å². The van der Waals surface area contributed by atoms with Gasteiger partial charge in [0, 0.05) is 0 Å². The van der Waals surface area contributed by atoms with E-state index in [-0.39, 0.29) is 5.12 Å². The van der Waals surface area contributed by atoms with Crippen LogP contribution in [0.15, 0.2) is 12.2 Å². The van der Waals surface area contributed by atoms with Gasteiger partial charge in [0.05, 0.1) is 0 Å². The van der Waals surface area contributed by atoms with E-state index in [2.05, 4.69) is 0 Å². The Morgan fingerprint density at radius 1 is 1.60 bits per heavy atom. The predicted molar refractivity (Wildman–Crippen MR) is 37.1 cm³/mol. The second-order valence-electron chi connectivity index (χ2n) is 1.68. The molecule has 1 atom stereocenters. The lowest BCUT2D eigenvalue weighted by Crippen LogP contribution is -2.11. The highest BCUT2D eigenvalue weighted by Crippen LogP contribution is 2.24. The Morgan fingerprint density at radius 3 is 2.40 bits per heavy atom. The zero-order valence-electron chi connectivity index (χ0n) is 4.72. The lowest BCUT2D eigenvalue weighted by Gasteiger charge is -1.98. The quantitative estimate of drug-likeness (QED) is 0.576. The smallest absolute Gasteiger partial charge is 0.281 e. The summed E-state index contributed by atoms with van der Waals surface area (Å²) >= 11 is 0.584. The molecule has 1 unspecified atom stereocenters. The van der Waals surface area contributed by atoms with E-state index < -0.39 is 14.7 Å². The highest BCUT2D eigenvalue weighted by molar-refractivity contribution is 8.22. The molecule has 4 nitrogen and oxygen atoms in total. The van der Waals surface area contributed by atoms with Crippen LogP contribution in [-0.2, 0) is 14.9 Å². The lowest BCUT2D eigenvalue weighted by molar-refractivity contribution is -0.106. The van der Waals surface area contributed by atoms with Crippen LogP contribution in [0.4, 0.5) is 0 Å². The molecule has 0 radical (unpaired) electrons. The normalized spacial score (nSPS) is 25.7. The molecule has 1 rings (SSSR count). The first-order valence-corrected chi connectivity index (χ1v) is 4.73. The van der Waals surface area contributed by atoms with Crippen LogP contribution in [0, 0.1) is 0 Å². The van der Waals surface area contributed by atoms with Gasteiger partial charge in [0.15, 0.2) is 4.58 Å². The van der Waals surface area contributed by atoms with Gasteiger partial charge in [0.2, 0.25) is 5.12 Å². The van der Waals surface area contributed by atoms with Crippen molar-refractivity contribution in [3.63, 3.8) is 0 Å². The van der Waals surface area contributed by atoms with Crippen LogP contribution in [0.2, 0.25) is 0 Å². The first kappa shape index (κ1) is 7.77. The molecule has 1 aliphatic heterocycles. The van der Waals surface area contributed by atoms with E-state index in [4.69, 9.17) is 4.55 Å². The zero-order valence-corrected chi connectivity index (χ0v) is 6.35. The second-order valence-corrected chi connectivity index (χ2v) is 4.66. The summed E-state index contributed by atoms with van der Waals surface area (Å²) in [5.41, 5.74) is 0. The molecule has 1 heterocycles. The Balaban J connectivity index is 2.83. The van der Waals surface area contributed by atoms with E-state index in [0.29, 0.717) is 11.8 Å². The largest absolute Gasteiger partial charge is 0.284 e. The summed E-state index contributed by atoms with van der Waals surface area (Å²) < 4.78 is 27.9. The highest BCUT2D eigenvalue weighted by Gasteiger charge is 2.27. The van der Waals surface area contributed by atoms with Crippen molar-refractivity contribution in [2.24, 2.45) is 0 Å². The maximum absolute atomic E-state index is 10.4. The molecule has 0 amide bonds. The molecule has 0 aliphatic carbocycles. The second kappa shape index (κ2) is 2.37. The monoisotopic (exact) mass is 180 g/mol.